The maximum Gasteiger partial charge on any atom is 0.243 e. The third-order valence-corrected chi connectivity index (χ3v) is 4.55. The predicted octanol–water partition coefficient (Wildman–Crippen LogP) is 4.34. The molecule has 0 bridgehead atoms. The minimum atomic E-state index is -0.0371. The van der Waals surface area contributed by atoms with E-state index in [9.17, 15) is 4.79 Å². The Morgan fingerprint density at radius 3 is 2.20 bits per heavy atom. The average molecular weight is 337 g/mol. The van der Waals surface area contributed by atoms with Gasteiger partial charge in [-0.05, 0) is 80.6 Å². The van der Waals surface area contributed by atoms with Gasteiger partial charge in [0.2, 0.25) is 5.91 Å². The van der Waals surface area contributed by atoms with Crippen molar-refractivity contribution in [3.05, 3.63) is 53.6 Å². The van der Waals surface area contributed by atoms with Gasteiger partial charge in [0.25, 0.3) is 0 Å². The predicted molar refractivity (Wildman–Crippen MR) is 106 cm³/mol. The summed E-state index contributed by atoms with van der Waals surface area (Å²) in [6, 6.07) is 14.4. The highest BCUT2D eigenvalue weighted by molar-refractivity contribution is 5.93. The second-order valence-electron chi connectivity index (χ2n) is 6.87. The molecule has 0 unspecified atom stereocenters. The molecule has 0 saturated carbocycles. The van der Waals surface area contributed by atoms with Crippen LogP contribution in [0, 0.1) is 13.8 Å². The van der Waals surface area contributed by atoms with Gasteiger partial charge in [-0.15, -0.1) is 0 Å². The molecule has 1 aliphatic rings. The number of nitrogens with one attached hydrogen (secondary N) is 2. The van der Waals surface area contributed by atoms with E-state index in [1.165, 1.54) is 36.1 Å². The van der Waals surface area contributed by atoms with Crippen LogP contribution in [0.1, 0.15) is 30.4 Å². The van der Waals surface area contributed by atoms with Crippen molar-refractivity contribution in [3.63, 3.8) is 0 Å². The van der Waals surface area contributed by atoms with E-state index in [2.05, 4.69) is 47.6 Å². The second kappa shape index (κ2) is 8.06. The molecule has 3 rings (SSSR count). The van der Waals surface area contributed by atoms with Gasteiger partial charge in [0.1, 0.15) is 0 Å². The quantitative estimate of drug-likeness (QED) is 0.853. The van der Waals surface area contributed by atoms with Gasteiger partial charge in [0, 0.05) is 30.2 Å². The zero-order valence-corrected chi connectivity index (χ0v) is 15.1. The summed E-state index contributed by atoms with van der Waals surface area (Å²) in [5, 5.41) is 6.14. The van der Waals surface area contributed by atoms with Gasteiger partial charge < -0.3 is 15.5 Å². The summed E-state index contributed by atoms with van der Waals surface area (Å²) in [5.74, 6) is -0.0371. The van der Waals surface area contributed by atoms with Crippen LogP contribution in [0.15, 0.2) is 42.5 Å². The molecule has 0 atom stereocenters. The maximum absolute atomic E-state index is 12.2. The first-order chi connectivity index (χ1) is 12.1. The fourth-order valence-electron chi connectivity index (χ4n) is 3.37. The Morgan fingerprint density at radius 2 is 1.56 bits per heavy atom. The van der Waals surface area contributed by atoms with Crippen molar-refractivity contribution in [3.8, 4) is 0 Å². The summed E-state index contributed by atoms with van der Waals surface area (Å²) in [6.07, 6.45) is 3.86. The zero-order chi connectivity index (χ0) is 17.6. The number of anilines is 3. The summed E-state index contributed by atoms with van der Waals surface area (Å²) in [4.78, 5) is 14.6. The van der Waals surface area contributed by atoms with Gasteiger partial charge in [0.15, 0.2) is 0 Å². The smallest absolute Gasteiger partial charge is 0.243 e. The van der Waals surface area contributed by atoms with Crippen molar-refractivity contribution in [2.75, 3.05) is 35.2 Å². The number of aryl methyl sites for hydroxylation is 2. The standard InChI is InChI=1S/C21H27N3O/c1-16-12-17(2)14-19(13-16)22-15-21(25)23-18-6-8-20(9-7-18)24-10-4-3-5-11-24/h6-9,12-14,22H,3-5,10-11,15H2,1-2H3,(H,23,25). The highest BCUT2D eigenvalue weighted by Crippen LogP contribution is 2.21. The molecule has 2 aromatic carbocycles. The number of carbonyl (C=O) groups excluding carboxylic acids is 1. The number of carbonyl (C=O) groups is 1. The highest BCUT2D eigenvalue weighted by atomic mass is 16.1. The minimum Gasteiger partial charge on any atom is -0.376 e. The maximum atomic E-state index is 12.2. The highest BCUT2D eigenvalue weighted by Gasteiger charge is 2.11. The van der Waals surface area contributed by atoms with Gasteiger partial charge in [0.05, 0.1) is 6.54 Å². The summed E-state index contributed by atoms with van der Waals surface area (Å²) in [7, 11) is 0. The number of hydrogen-bond donors (Lipinski definition) is 2. The molecular weight excluding hydrogens is 310 g/mol. The Labute approximate surface area is 150 Å². The minimum absolute atomic E-state index is 0.0371. The summed E-state index contributed by atoms with van der Waals surface area (Å²) in [6.45, 7) is 6.64. The third-order valence-electron chi connectivity index (χ3n) is 4.55. The molecule has 2 aromatic rings. The van der Waals surface area contributed by atoms with Crippen LogP contribution < -0.4 is 15.5 Å². The van der Waals surface area contributed by atoms with Crippen molar-refractivity contribution < 1.29 is 4.79 Å². The number of nitrogens with zero attached hydrogens (tertiary/aromatic N) is 1. The molecule has 4 nitrogen and oxygen atoms in total. The van der Waals surface area contributed by atoms with E-state index in [0.717, 1.165) is 24.5 Å². The van der Waals surface area contributed by atoms with Crippen LogP contribution in [0.5, 0.6) is 0 Å². The lowest BCUT2D eigenvalue weighted by Crippen LogP contribution is -2.29. The number of hydrogen-bond acceptors (Lipinski definition) is 3. The molecule has 1 fully saturated rings. The lowest BCUT2D eigenvalue weighted by Gasteiger charge is -2.28. The van der Waals surface area contributed by atoms with Gasteiger partial charge in [-0.2, -0.15) is 0 Å². The first-order valence-corrected chi connectivity index (χ1v) is 9.07. The molecule has 0 spiro atoms. The fourth-order valence-corrected chi connectivity index (χ4v) is 3.37. The Morgan fingerprint density at radius 1 is 0.920 bits per heavy atom. The van der Waals surface area contributed by atoms with Crippen LogP contribution in [-0.2, 0) is 4.79 Å². The van der Waals surface area contributed by atoms with Crippen LogP contribution in [0.3, 0.4) is 0 Å². The van der Waals surface area contributed by atoms with E-state index in [1.54, 1.807) is 0 Å². The van der Waals surface area contributed by atoms with Crippen molar-refractivity contribution in [2.45, 2.75) is 33.1 Å². The SMILES string of the molecule is Cc1cc(C)cc(NCC(=O)Nc2ccc(N3CCCCC3)cc2)c1. The van der Waals surface area contributed by atoms with E-state index < -0.39 is 0 Å². The lowest BCUT2D eigenvalue weighted by atomic mass is 10.1. The Kier molecular flexibility index (Phi) is 5.59. The molecule has 0 aliphatic carbocycles. The Bertz CT molecular complexity index is 698. The van der Waals surface area contributed by atoms with Crippen molar-refractivity contribution >= 4 is 23.0 Å². The van der Waals surface area contributed by atoms with E-state index in [1.807, 2.05) is 24.3 Å². The Balaban J connectivity index is 1.52. The molecule has 4 heteroatoms. The van der Waals surface area contributed by atoms with Crippen LogP contribution in [0.4, 0.5) is 17.1 Å². The summed E-state index contributed by atoms with van der Waals surface area (Å²) in [5.41, 5.74) is 5.44. The van der Waals surface area contributed by atoms with Crippen LogP contribution in [0.25, 0.3) is 0 Å². The topological polar surface area (TPSA) is 44.4 Å². The molecule has 132 valence electrons. The largest absolute Gasteiger partial charge is 0.376 e. The number of piperidine rings is 1. The van der Waals surface area contributed by atoms with Crippen LogP contribution >= 0.6 is 0 Å². The van der Waals surface area contributed by atoms with Crippen LogP contribution in [0.2, 0.25) is 0 Å². The van der Waals surface area contributed by atoms with Gasteiger partial charge in [-0.3, -0.25) is 4.79 Å². The van der Waals surface area contributed by atoms with E-state index >= 15 is 0 Å². The first kappa shape index (κ1) is 17.3. The molecule has 2 N–H and O–H groups in total. The third kappa shape index (κ3) is 4.99. The normalized spacial score (nSPS) is 14.2. The molecule has 25 heavy (non-hydrogen) atoms. The summed E-state index contributed by atoms with van der Waals surface area (Å²) < 4.78 is 0. The van der Waals surface area contributed by atoms with Gasteiger partial charge >= 0.3 is 0 Å². The molecule has 0 radical (unpaired) electrons. The number of benzene rings is 2. The van der Waals surface area contributed by atoms with E-state index in [-0.39, 0.29) is 12.5 Å². The van der Waals surface area contributed by atoms with Crippen molar-refractivity contribution in [1.82, 2.24) is 0 Å². The Hall–Kier alpha value is -2.49. The van der Waals surface area contributed by atoms with Crippen molar-refractivity contribution in [2.24, 2.45) is 0 Å². The lowest BCUT2D eigenvalue weighted by molar-refractivity contribution is -0.114. The molecule has 1 heterocycles. The second-order valence-corrected chi connectivity index (χ2v) is 6.87. The van der Waals surface area contributed by atoms with Gasteiger partial charge in [-0.1, -0.05) is 6.07 Å². The summed E-state index contributed by atoms with van der Waals surface area (Å²) >= 11 is 0. The molecule has 1 saturated heterocycles. The molecular formula is C21H27N3O. The first-order valence-electron chi connectivity index (χ1n) is 9.07. The van der Waals surface area contributed by atoms with Crippen LogP contribution in [-0.4, -0.2) is 25.5 Å². The fraction of sp³-hybridized carbons (Fsp3) is 0.381. The molecule has 0 aromatic heterocycles. The molecule has 1 aliphatic heterocycles. The zero-order valence-electron chi connectivity index (χ0n) is 15.1. The van der Waals surface area contributed by atoms with E-state index in [0.29, 0.717) is 0 Å². The number of amides is 1. The molecule has 1 amide bonds. The van der Waals surface area contributed by atoms with Crippen molar-refractivity contribution in [1.29, 1.82) is 0 Å². The van der Waals surface area contributed by atoms with E-state index in [4.69, 9.17) is 0 Å². The number of rotatable bonds is 5. The van der Waals surface area contributed by atoms with Gasteiger partial charge in [-0.25, -0.2) is 0 Å². The monoisotopic (exact) mass is 337 g/mol. The average Bonchev–Trinajstić information content (AvgIpc) is 2.61.